The summed E-state index contributed by atoms with van der Waals surface area (Å²) in [6.07, 6.45) is 0. The van der Waals surface area contributed by atoms with E-state index in [1.807, 2.05) is 6.07 Å². The molecule has 6 nitrogen and oxygen atoms in total. The van der Waals surface area contributed by atoms with Gasteiger partial charge in [0.15, 0.2) is 11.5 Å². The highest BCUT2D eigenvalue weighted by Crippen LogP contribution is 2.33. The number of carboxylic acids is 1. The van der Waals surface area contributed by atoms with Crippen LogP contribution in [0.2, 0.25) is 0 Å². The van der Waals surface area contributed by atoms with Crippen molar-refractivity contribution in [3.8, 4) is 11.5 Å². The fourth-order valence-electron chi connectivity index (χ4n) is 2.28. The van der Waals surface area contributed by atoms with E-state index in [1.165, 1.54) is 19.2 Å². The van der Waals surface area contributed by atoms with Crippen LogP contribution < -0.4 is 19.9 Å². The van der Waals surface area contributed by atoms with Crippen molar-refractivity contribution in [2.75, 3.05) is 19.0 Å². The zero-order valence-electron chi connectivity index (χ0n) is 13.7. The van der Waals surface area contributed by atoms with E-state index in [0.29, 0.717) is 17.9 Å². The molecule has 0 aliphatic carbocycles. The second-order valence-corrected chi connectivity index (χ2v) is 5.04. The zero-order chi connectivity index (χ0) is 17.7. The average Bonchev–Trinajstić information content (AvgIpc) is 2.56. The molecule has 0 unspecified atom stereocenters. The third-order valence-corrected chi connectivity index (χ3v) is 3.46. The second kappa shape index (κ2) is 7.50. The van der Waals surface area contributed by atoms with Gasteiger partial charge in [0.1, 0.15) is 0 Å². The normalized spacial score (nSPS) is 10.1. The number of aryl methyl sites for hydroxylation is 1. The summed E-state index contributed by atoms with van der Waals surface area (Å²) >= 11 is 0. The van der Waals surface area contributed by atoms with Gasteiger partial charge in [-0.2, -0.15) is 0 Å². The maximum absolute atomic E-state index is 12.4. The minimum Gasteiger partial charge on any atom is -0.545 e. The van der Waals surface area contributed by atoms with E-state index in [1.54, 1.807) is 32.0 Å². The molecule has 126 valence electrons. The van der Waals surface area contributed by atoms with Crippen molar-refractivity contribution in [2.45, 2.75) is 13.8 Å². The third kappa shape index (κ3) is 3.65. The summed E-state index contributed by atoms with van der Waals surface area (Å²) in [6.45, 7) is 3.91. The fourth-order valence-corrected chi connectivity index (χ4v) is 2.28. The Morgan fingerprint density at radius 1 is 1.12 bits per heavy atom. The van der Waals surface area contributed by atoms with Gasteiger partial charge in [-0.1, -0.05) is 18.2 Å². The summed E-state index contributed by atoms with van der Waals surface area (Å²) in [5, 5.41) is 14.0. The first-order valence-electron chi connectivity index (χ1n) is 7.41. The minimum absolute atomic E-state index is 0.0866. The quantitative estimate of drug-likeness (QED) is 0.876. The molecule has 0 bridgehead atoms. The van der Waals surface area contributed by atoms with E-state index >= 15 is 0 Å². The van der Waals surface area contributed by atoms with Crippen LogP contribution in [-0.2, 0) is 0 Å². The van der Waals surface area contributed by atoms with Crippen molar-refractivity contribution in [3.63, 3.8) is 0 Å². The molecule has 6 heteroatoms. The number of carbonyl (C=O) groups excluding carboxylic acids is 2. The predicted molar refractivity (Wildman–Crippen MR) is 87.6 cm³/mol. The van der Waals surface area contributed by atoms with Gasteiger partial charge in [-0.3, -0.25) is 4.79 Å². The number of methoxy groups -OCH3 is 1. The molecule has 0 saturated carbocycles. The van der Waals surface area contributed by atoms with Gasteiger partial charge in [0, 0.05) is 17.2 Å². The molecule has 0 heterocycles. The van der Waals surface area contributed by atoms with E-state index in [-0.39, 0.29) is 17.0 Å². The van der Waals surface area contributed by atoms with Gasteiger partial charge >= 0.3 is 0 Å². The molecule has 2 aromatic rings. The third-order valence-electron chi connectivity index (χ3n) is 3.46. The SMILES string of the molecule is CCOc1cc(C(=O)[O-])c(NC(=O)c2ccccc2C)cc1OC. The highest BCUT2D eigenvalue weighted by Gasteiger charge is 2.16. The van der Waals surface area contributed by atoms with Gasteiger partial charge in [-0.15, -0.1) is 0 Å². The van der Waals surface area contributed by atoms with E-state index in [0.717, 1.165) is 5.56 Å². The Kier molecular flexibility index (Phi) is 5.42. The summed E-state index contributed by atoms with van der Waals surface area (Å²) in [7, 11) is 1.43. The Bertz CT molecular complexity index is 770. The van der Waals surface area contributed by atoms with Crippen molar-refractivity contribution >= 4 is 17.6 Å². The number of nitrogens with one attached hydrogen (secondary N) is 1. The molecule has 0 aromatic heterocycles. The molecule has 0 atom stereocenters. The van der Waals surface area contributed by atoms with Crippen LogP contribution in [0.15, 0.2) is 36.4 Å². The molecular weight excluding hydrogens is 310 g/mol. The van der Waals surface area contributed by atoms with Crippen molar-refractivity contribution in [3.05, 3.63) is 53.1 Å². The smallest absolute Gasteiger partial charge is 0.255 e. The van der Waals surface area contributed by atoms with Gasteiger partial charge in [-0.05, 0) is 31.5 Å². The van der Waals surface area contributed by atoms with E-state index in [9.17, 15) is 14.7 Å². The van der Waals surface area contributed by atoms with Gasteiger partial charge in [0.05, 0.1) is 25.4 Å². The maximum atomic E-state index is 12.4. The monoisotopic (exact) mass is 328 g/mol. The lowest BCUT2D eigenvalue weighted by molar-refractivity contribution is -0.254. The van der Waals surface area contributed by atoms with Gasteiger partial charge < -0.3 is 24.7 Å². The molecule has 0 spiro atoms. The topological polar surface area (TPSA) is 87.7 Å². The highest BCUT2D eigenvalue weighted by atomic mass is 16.5. The Hall–Kier alpha value is -3.02. The number of benzene rings is 2. The van der Waals surface area contributed by atoms with E-state index in [4.69, 9.17) is 9.47 Å². The second-order valence-electron chi connectivity index (χ2n) is 5.04. The number of hydrogen-bond acceptors (Lipinski definition) is 5. The number of hydrogen-bond donors (Lipinski definition) is 1. The van der Waals surface area contributed by atoms with Crippen LogP contribution in [0.4, 0.5) is 5.69 Å². The number of aromatic carboxylic acids is 1. The number of ether oxygens (including phenoxy) is 2. The number of rotatable bonds is 6. The van der Waals surface area contributed by atoms with E-state index < -0.39 is 11.9 Å². The maximum Gasteiger partial charge on any atom is 0.255 e. The summed E-state index contributed by atoms with van der Waals surface area (Å²) in [5.74, 6) is -1.24. The molecule has 0 aliphatic heterocycles. The largest absolute Gasteiger partial charge is 0.545 e. The first kappa shape index (κ1) is 17.3. The average molecular weight is 328 g/mol. The number of carboxylic acid groups (broad SMARTS) is 1. The minimum atomic E-state index is -1.42. The van der Waals surface area contributed by atoms with Gasteiger partial charge in [-0.25, -0.2) is 0 Å². The Labute approximate surface area is 140 Å². The number of amides is 1. The van der Waals surface area contributed by atoms with Crippen LogP contribution in [0.3, 0.4) is 0 Å². The Morgan fingerprint density at radius 2 is 1.83 bits per heavy atom. The molecular formula is C18H18NO5-. The highest BCUT2D eigenvalue weighted by molar-refractivity contribution is 6.08. The van der Waals surface area contributed by atoms with Crippen molar-refractivity contribution < 1.29 is 24.2 Å². The van der Waals surface area contributed by atoms with Crippen molar-refractivity contribution in [1.29, 1.82) is 0 Å². The lowest BCUT2D eigenvalue weighted by Crippen LogP contribution is -2.25. The Balaban J connectivity index is 2.43. The first-order valence-corrected chi connectivity index (χ1v) is 7.41. The molecule has 1 N–H and O–H groups in total. The summed E-state index contributed by atoms with van der Waals surface area (Å²) in [4.78, 5) is 23.8. The van der Waals surface area contributed by atoms with Crippen molar-refractivity contribution in [1.82, 2.24) is 0 Å². The van der Waals surface area contributed by atoms with Crippen LogP contribution in [-0.4, -0.2) is 25.6 Å². The molecule has 0 saturated heterocycles. The molecule has 0 radical (unpaired) electrons. The van der Waals surface area contributed by atoms with Gasteiger partial charge in [0.25, 0.3) is 5.91 Å². The van der Waals surface area contributed by atoms with E-state index in [2.05, 4.69) is 5.32 Å². The van der Waals surface area contributed by atoms with Crippen LogP contribution in [0.1, 0.15) is 33.2 Å². The molecule has 2 aromatic carbocycles. The Morgan fingerprint density at radius 3 is 2.42 bits per heavy atom. The summed E-state index contributed by atoms with van der Waals surface area (Å²) in [6, 6.07) is 9.71. The fraction of sp³-hybridized carbons (Fsp3) is 0.222. The molecule has 1 amide bonds. The van der Waals surface area contributed by atoms with Crippen LogP contribution in [0.25, 0.3) is 0 Å². The lowest BCUT2D eigenvalue weighted by atomic mass is 10.1. The number of anilines is 1. The lowest BCUT2D eigenvalue weighted by Gasteiger charge is -2.17. The summed E-state index contributed by atoms with van der Waals surface area (Å²) in [5.41, 5.74) is 1.14. The first-order chi connectivity index (χ1) is 11.5. The van der Waals surface area contributed by atoms with Crippen LogP contribution >= 0.6 is 0 Å². The molecule has 24 heavy (non-hydrogen) atoms. The summed E-state index contributed by atoms with van der Waals surface area (Å²) < 4.78 is 10.5. The van der Waals surface area contributed by atoms with Crippen molar-refractivity contribution in [2.24, 2.45) is 0 Å². The molecule has 0 aliphatic rings. The van der Waals surface area contributed by atoms with Crippen LogP contribution in [0.5, 0.6) is 11.5 Å². The molecule has 0 fully saturated rings. The zero-order valence-corrected chi connectivity index (χ0v) is 13.7. The standard InChI is InChI=1S/C18H19NO5/c1-4-24-16-9-13(18(21)22)14(10-15(16)23-3)19-17(20)12-8-6-5-7-11(12)2/h5-10H,4H2,1-3H3,(H,19,20)(H,21,22)/p-1. The molecule has 2 rings (SSSR count). The van der Waals surface area contributed by atoms with Crippen LogP contribution in [0, 0.1) is 6.92 Å². The number of carbonyl (C=O) groups is 2. The van der Waals surface area contributed by atoms with Gasteiger partial charge in [0.2, 0.25) is 0 Å². The predicted octanol–water partition coefficient (Wildman–Crippen LogP) is 2.02.